The summed E-state index contributed by atoms with van der Waals surface area (Å²) in [5.74, 6) is -0.226. The lowest BCUT2D eigenvalue weighted by atomic mass is 9.92. The maximum Gasteiger partial charge on any atom is 0.250 e. The number of halogens is 1. The van der Waals surface area contributed by atoms with Gasteiger partial charge < -0.3 is 10.1 Å². The Morgan fingerprint density at radius 1 is 1.59 bits per heavy atom. The van der Waals surface area contributed by atoms with E-state index in [2.05, 4.69) is 17.2 Å². The highest BCUT2D eigenvalue weighted by atomic mass is 19.1. The molecule has 1 heterocycles. The van der Waals surface area contributed by atoms with Crippen molar-refractivity contribution < 1.29 is 9.13 Å². The van der Waals surface area contributed by atoms with E-state index in [0.717, 1.165) is 12.8 Å². The lowest BCUT2D eigenvalue weighted by Gasteiger charge is -2.24. The number of pyridine rings is 1. The summed E-state index contributed by atoms with van der Waals surface area (Å²) in [6.07, 6.45) is 3.87. The molecular weight excluding hydrogens is 219 g/mol. The third-order valence-corrected chi connectivity index (χ3v) is 3.50. The van der Waals surface area contributed by atoms with Gasteiger partial charge in [0.15, 0.2) is 5.82 Å². The number of hydrogen-bond acceptors (Lipinski definition) is 3. The number of nitrogens with one attached hydrogen (secondary N) is 1. The summed E-state index contributed by atoms with van der Waals surface area (Å²) >= 11 is 0. The van der Waals surface area contributed by atoms with Crippen LogP contribution >= 0.6 is 0 Å². The second-order valence-corrected chi connectivity index (χ2v) is 4.83. The maximum absolute atomic E-state index is 14.2. The van der Waals surface area contributed by atoms with Crippen molar-refractivity contribution in [1.29, 1.82) is 0 Å². The van der Waals surface area contributed by atoms with Crippen molar-refractivity contribution in [2.75, 3.05) is 13.7 Å². The molecule has 1 fully saturated rings. The van der Waals surface area contributed by atoms with Gasteiger partial charge in [-0.25, -0.2) is 9.37 Å². The molecule has 0 radical (unpaired) electrons. The summed E-state index contributed by atoms with van der Waals surface area (Å²) < 4.78 is 19.4. The highest BCUT2D eigenvalue weighted by Gasteiger charge is 2.46. The van der Waals surface area contributed by atoms with Crippen LogP contribution in [0.5, 0.6) is 5.88 Å². The Morgan fingerprint density at radius 2 is 2.29 bits per heavy atom. The van der Waals surface area contributed by atoms with Gasteiger partial charge in [-0.15, -0.1) is 0 Å². The molecule has 94 valence electrons. The summed E-state index contributed by atoms with van der Waals surface area (Å²) in [5, 5.41) is 3.21. The quantitative estimate of drug-likeness (QED) is 0.856. The molecule has 1 unspecified atom stereocenters. The van der Waals surface area contributed by atoms with Crippen LogP contribution in [0.4, 0.5) is 4.39 Å². The van der Waals surface area contributed by atoms with E-state index < -0.39 is 0 Å². The lowest BCUT2D eigenvalue weighted by molar-refractivity contribution is 0.299. The molecule has 1 N–H and O–H groups in total. The molecule has 0 bridgehead atoms. The minimum absolute atomic E-state index is 0.0321. The van der Waals surface area contributed by atoms with Gasteiger partial charge in [-0.1, -0.05) is 6.92 Å². The van der Waals surface area contributed by atoms with Gasteiger partial charge in [0.25, 0.3) is 5.88 Å². The topological polar surface area (TPSA) is 34.1 Å². The van der Waals surface area contributed by atoms with E-state index in [1.165, 1.54) is 0 Å². The van der Waals surface area contributed by atoms with E-state index in [4.69, 9.17) is 4.74 Å². The zero-order chi connectivity index (χ0) is 12.5. The Hall–Kier alpha value is -1.16. The van der Waals surface area contributed by atoms with Crippen LogP contribution in [0.2, 0.25) is 0 Å². The molecule has 1 saturated carbocycles. The van der Waals surface area contributed by atoms with Gasteiger partial charge in [0.1, 0.15) is 0 Å². The van der Waals surface area contributed by atoms with Crippen molar-refractivity contribution >= 4 is 0 Å². The van der Waals surface area contributed by atoms with Crippen LogP contribution in [0.15, 0.2) is 12.3 Å². The van der Waals surface area contributed by atoms with Gasteiger partial charge in [0, 0.05) is 17.8 Å². The first kappa shape index (κ1) is 12.3. The zero-order valence-electron chi connectivity index (χ0n) is 10.6. The largest absolute Gasteiger partial charge is 0.476 e. The van der Waals surface area contributed by atoms with Crippen molar-refractivity contribution in [3.63, 3.8) is 0 Å². The van der Waals surface area contributed by atoms with Crippen LogP contribution < -0.4 is 10.1 Å². The van der Waals surface area contributed by atoms with Crippen molar-refractivity contribution in [3.05, 3.63) is 23.6 Å². The van der Waals surface area contributed by atoms with Crippen LogP contribution in [0.3, 0.4) is 0 Å². The maximum atomic E-state index is 14.2. The van der Waals surface area contributed by atoms with Crippen LogP contribution in [0.1, 0.15) is 38.3 Å². The molecule has 3 nitrogen and oxygen atoms in total. The number of rotatable bonds is 5. The predicted molar refractivity (Wildman–Crippen MR) is 64.5 cm³/mol. The molecule has 0 spiro atoms. The molecule has 0 aliphatic heterocycles. The smallest absolute Gasteiger partial charge is 0.250 e. The van der Waals surface area contributed by atoms with Gasteiger partial charge in [-0.3, -0.25) is 0 Å². The Balaban J connectivity index is 2.33. The molecule has 0 saturated heterocycles. The SMILES string of the molecule is CCOc1nccc(C(NC)C2(C)CC2)c1F. The Labute approximate surface area is 101 Å². The molecule has 17 heavy (non-hydrogen) atoms. The molecule has 1 aliphatic rings. The molecule has 0 aromatic carbocycles. The fourth-order valence-electron chi connectivity index (χ4n) is 2.26. The van der Waals surface area contributed by atoms with Gasteiger partial charge in [0.2, 0.25) is 0 Å². The van der Waals surface area contributed by atoms with Crippen molar-refractivity contribution in [1.82, 2.24) is 10.3 Å². The Bertz CT molecular complexity index is 404. The minimum atomic E-state index is -0.332. The van der Waals surface area contributed by atoms with E-state index in [-0.39, 0.29) is 23.2 Å². The van der Waals surface area contributed by atoms with E-state index in [1.54, 1.807) is 12.3 Å². The third kappa shape index (κ3) is 2.27. The minimum Gasteiger partial charge on any atom is -0.476 e. The zero-order valence-corrected chi connectivity index (χ0v) is 10.6. The fourth-order valence-corrected chi connectivity index (χ4v) is 2.26. The highest BCUT2D eigenvalue weighted by Crippen LogP contribution is 2.54. The monoisotopic (exact) mass is 238 g/mol. The molecular formula is C13H19FN2O. The first-order valence-electron chi connectivity index (χ1n) is 6.07. The molecule has 1 atom stereocenters. The summed E-state index contributed by atoms with van der Waals surface area (Å²) in [5.41, 5.74) is 0.825. The summed E-state index contributed by atoms with van der Waals surface area (Å²) in [7, 11) is 1.87. The molecule has 1 aromatic heterocycles. The van der Waals surface area contributed by atoms with Crippen LogP contribution in [0, 0.1) is 11.2 Å². The van der Waals surface area contributed by atoms with Crippen LogP contribution in [-0.2, 0) is 0 Å². The van der Waals surface area contributed by atoms with Crippen molar-refractivity contribution in [2.24, 2.45) is 5.41 Å². The van der Waals surface area contributed by atoms with E-state index >= 15 is 0 Å². The number of ether oxygens (including phenoxy) is 1. The lowest BCUT2D eigenvalue weighted by Crippen LogP contribution is -2.25. The summed E-state index contributed by atoms with van der Waals surface area (Å²) in [4.78, 5) is 3.92. The third-order valence-electron chi connectivity index (χ3n) is 3.50. The fraction of sp³-hybridized carbons (Fsp3) is 0.615. The predicted octanol–water partition coefficient (Wildman–Crippen LogP) is 2.68. The average Bonchev–Trinajstić information content (AvgIpc) is 3.04. The van der Waals surface area contributed by atoms with E-state index in [1.807, 2.05) is 14.0 Å². The molecule has 1 aliphatic carbocycles. The number of hydrogen-bond donors (Lipinski definition) is 1. The average molecular weight is 238 g/mol. The van der Waals surface area contributed by atoms with Gasteiger partial charge >= 0.3 is 0 Å². The first-order valence-corrected chi connectivity index (χ1v) is 6.07. The van der Waals surface area contributed by atoms with E-state index in [9.17, 15) is 4.39 Å². The first-order chi connectivity index (χ1) is 8.12. The molecule has 4 heteroatoms. The second-order valence-electron chi connectivity index (χ2n) is 4.83. The van der Waals surface area contributed by atoms with Gasteiger partial charge in [-0.05, 0) is 38.3 Å². The Morgan fingerprint density at radius 3 is 2.82 bits per heavy atom. The molecule has 2 rings (SSSR count). The van der Waals surface area contributed by atoms with Crippen LogP contribution in [0.25, 0.3) is 0 Å². The number of nitrogens with zero attached hydrogens (tertiary/aromatic N) is 1. The highest BCUT2D eigenvalue weighted by molar-refractivity contribution is 5.29. The second kappa shape index (κ2) is 4.61. The van der Waals surface area contributed by atoms with Gasteiger partial charge in [-0.2, -0.15) is 0 Å². The van der Waals surface area contributed by atoms with Crippen molar-refractivity contribution in [3.8, 4) is 5.88 Å². The standard InChI is InChI=1S/C13H19FN2O/c1-4-17-12-10(14)9(5-8-16-12)11(15-3)13(2)6-7-13/h5,8,11,15H,4,6-7H2,1-3H3. The van der Waals surface area contributed by atoms with Crippen LogP contribution in [-0.4, -0.2) is 18.6 Å². The van der Waals surface area contributed by atoms with Gasteiger partial charge in [0.05, 0.1) is 6.61 Å². The molecule has 1 aromatic rings. The molecule has 0 amide bonds. The van der Waals surface area contributed by atoms with E-state index in [0.29, 0.717) is 12.2 Å². The summed E-state index contributed by atoms with van der Waals surface area (Å²) in [6.45, 7) is 4.43. The number of aromatic nitrogens is 1. The normalized spacial score (nSPS) is 18.8. The summed E-state index contributed by atoms with van der Waals surface area (Å²) in [6, 6.07) is 1.77. The van der Waals surface area contributed by atoms with Crippen molar-refractivity contribution in [2.45, 2.75) is 32.7 Å². The Kier molecular flexibility index (Phi) is 3.33.